The number of rotatable bonds is 9. The second kappa shape index (κ2) is 20.0. The molecule has 0 amide bonds. The van der Waals surface area contributed by atoms with Crippen LogP contribution in [-0.4, -0.2) is 50.2 Å². The maximum atomic E-state index is 11.1. The SMILES string of the molecule is C=C(C)C(=O)OCCN(CC)CCOC=O.CC.CC. The molecule has 0 aliphatic carbocycles. The zero-order chi connectivity index (χ0) is 16.4. The molecule has 0 rings (SSSR count). The fourth-order valence-electron chi connectivity index (χ4n) is 1.05. The average Bonchev–Trinajstić information content (AvgIpc) is 2.49. The summed E-state index contributed by atoms with van der Waals surface area (Å²) in [5.74, 6) is -0.375. The highest BCUT2D eigenvalue weighted by Crippen LogP contribution is 1.93. The van der Waals surface area contributed by atoms with E-state index in [-0.39, 0.29) is 5.97 Å². The molecule has 0 bridgehead atoms. The van der Waals surface area contributed by atoms with E-state index < -0.39 is 0 Å². The fourth-order valence-corrected chi connectivity index (χ4v) is 1.05. The van der Waals surface area contributed by atoms with E-state index in [9.17, 15) is 9.59 Å². The molecule has 0 saturated heterocycles. The van der Waals surface area contributed by atoms with E-state index in [1.165, 1.54) is 0 Å². The van der Waals surface area contributed by atoms with Gasteiger partial charge in [-0.1, -0.05) is 41.2 Å². The van der Waals surface area contributed by atoms with E-state index in [1.807, 2.05) is 39.5 Å². The van der Waals surface area contributed by atoms with Crippen molar-refractivity contribution in [3.63, 3.8) is 0 Å². The van der Waals surface area contributed by atoms with Crippen molar-refractivity contribution in [3.8, 4) is 0 Å². The van der Waals surface area contributed by atoms with Crippen LogP contribution in [0.3, 0.4) is 0 Å². The maximum Gasteiger partial charge on any atom is 0.333 e. The van der Waals surface area contributed by atoms with E-state index in [0.29, 0.717) is 38.3 Å². The Morgan fingerprint density at radius 3 is 2.05 bits per heavy atom. The van der Waals surface area contributed by atoms with Crippen LogP contribution in [0.4, 0.5) is 0 Å². The van der Waals surface area contributed by atoms with E-state index in [2.05, 4.69) is 11.3 Å². The van der Waals surface area contributed by atoms with Gasteiger partial charge in [-0.2, -0.15) is 0 Å². The smallest absolute Gasteiger partial charge is 0.333 e. The summed E-state index contributed by atoms with van der Waals surface area (Å²) in [6, 6.07) is 0. The van der Waals surface area contributed by atoms with Crippen LogP contribution in [-0.2, 0) is 19.1 Å². The molecule has 120 valence electrons. The highest BCUT2D eigenvalue weighted by atomic mass is 16.5. The Morgan fingerprint density at radius 2 is 1.65 bits per heavy atom. The number of likely N-dealkylation sites (N-methyl/N-ethyl adjacent to an activating group) is 1. The van der Waals surface area contributed by atoms with Crippen molar-refractivity contribution in [1.82, 2.24) is 4.90 Å². The molecule has 5 heteroatoms. The van der Waals surface area contributed by atoms with Crippen LogP contribution >= 0.6 is 0 Å². The first-order valence-electron chi connectivity index (χ1n) is 7.22. The van der Waals surface area contributed by atoms with Gasteiger partial charge in [0, 0.05) is 18.7 Å². The van der Waals surface area contributed by atoms with Crippen molar-refractivity contribution in [3.05, 3.63) is 12.2 Å². The lowest BCUT2D eigenvalue weighted by Gasteiger charge is -2.19. The number of carbonyl (C=O) groups is 2. The Morgan fingerprint density at radius 1 is 1.15 bits per heavy atom. The standard InChI is InChI=1S/C11H19NO4.2C2H6/c1-4-12(5-7-15-9-13)6-8-16-11(14)10(2)3;2*1-2/h9H,2,4-8H2,1,3H3;2*1-2H3. The van der Waals surface area contributed by atoms with Crippen LogP contribution in [0.1, 0.15) is 41.5 Å². The van der Waals surface area contributed by atoms with Gasteiger partial charge in [0.25, 0.3) is 6.47 Å². The molecule has 0 fully saturated rings. The van der Waals surface area contributed by atoms with Gasteiger partial charge in [0.2, 0.25) is 0 Å². The number of hydrogen-bond donors (Lipinski definition) is 0. The third-order valence-electron chi connectivity index (χ3n) is 2.03. The van der Waals surface area contributed by atoms with Crippen LogP contribution in [0.15, 0.2) is 12.2 Å². The van der Waals surface area contributed by atoms with E-state index in [4.69, 9.17) is 4.74 Å². The fraction of sp³-hybridized carbons (Fsp3) is 0.733. The van der Waals surface area contributed by atoms with Gasteiger partial charge in [-0.3, -0.25) is 9.69 Å². The van der Waals surface area contributed by atoms with Gasteiger partial charge in [-0.25, -0.2) is 4.79 Å². The Kier molecular flexibility index (Phi) is 23.7. The molecule has 20 heavy (non-hydrogen) atoms. The average molecular weight is 289 g/mol. The number of ether oxygens (including phenoxy) is 2. The molecule has 0 heterocycles. The minimum Gasteiger partial charge on any atom is -0.467 e. The largest absolute Gasteiger partial charge is 0.467 e. The Hall–Kier alpha value is -1.36. The predicted octanol–water partition coefficient (Wildman–Crippen LogP) is 2.65. The first kappa shape index (κ1) is 23.7. The first-order valence-corrected chi connectivity index (χ1v) is 7.22. The van der Waals surface area contributed by atoms with Crippen molar-refractivity contribution in [2.24, 2.45) is 0 Å². The summed E-state index contributed by atoms with van der Waals surface area (Å²) in [7, 11) is 0. The van der Waals surface area contributed by atoms with Gasteiger partial charge >= 0.3 is 5.97 Å². The molecule has 0 aliphatic rings. The molecule has 0 aromatic carbocycles. The summed E-state index contributed by atoms with van der Waals surface area (Å²) in [4.78, 5) is 23.0. The molecule has 0 unspecified atom stereocenters. The molecule has 0 N–H and O–H groups in total. The van der Waals surface area contributed by atoms with Crippen LogP contribution in [0.2, 0.25) is 0 Å². The minimum absolute atomic E-state index is 0.320. The molecule has 0 spiro atoms. The highest BCUT2D eigenvalue weighted by Gasteiger charge is 2.05. The van der Waals surface area contributed by atoms with Gasteiger partial charge in [-0.15, -0.1) is 0 Å². The second-order valence-corrected chi connectivity index (χ2v) is 3.32. The zero-order valence-electron chi connectivity index (χ0n) is 13.9. The molecule has 0 radical (unpaired) electrons. The minimum atomic E-state index is -0.375. The first-order chi connectivity index (χ1) is 9.61. The second-order valence-electron chi connectivity index (χ2n) is 3.32. The third kappa shape index (κ3) is 16.6. The molecule has 0 aromatic rings. The topological polar surface area (TPSA) is 55.8 Å². The van der Waals surface area contributed by atoms with Crippen LogP contribution in [0.25, 0.3) is 0 Å². The van der Waals surface area contributed by atoms with Crippen LogP contribution in [0, 0.1) is 0 Å². The summed E-state index contributed by atoms with van der Waals surface area (Å²) in [6.45, 7) is 18.3. The number of carbonyl (C=O) groups excluding carboxylic acids is 2. The van der Waals surface area contributed by atoms with Crippen molar-refractivity contribution in [1.29, 1.82) is 0 Å². The monoisotopic (exact) mass is 289 g/mol. The van der Waals surface area contributed by atoms with Crippen molar-refractivity contribution in [2.75, 3.05) is 32.8 Å². The summed E-state index contributed by atoms with van der Waals surface area (Å²) < 4.78 is 9.54. The van der Waals surface area contributed by atoms with Gasteiger partial charge < -0.3 is 9.47 Å². The third-order valence-corrected chi connectivity index (χ3v) is 2.03. The predicted molar refractivity (Wildman–Crippen MR) is 82.6 cm³/mol. The zero-order valence-corrected chi connectivity index (χ0v) is 13.9. The van der Waals surface area contributed by atoms with E-state index >= 15 is 0 Å². The Labute approximate surface area is 123 Å². The number of hydrogen-bond acceptors (Lipinski definition) is 5. The molecular formula is C15H31NO4. The lowest BCUT2D eigenvalue weighted by Crippen LogP contribution is -2.31. The van der Waals surface area contributed by atoms with Crippen molar-refractivity contribution >= 4 is 12.4 Å². The van der Waals surface area contributed by atoms with Crippen molar-refractivity contribution in [2.45, 2.75) is 41.5 Å². The van der Waals surface area contributed by atoms with Crippen molar-refractivity contribution < 1.29 is 19.1 Å². The summed E-state index contributed by atoms with van der Waals surface area (Å²) in [5.41, 5.74) is 0.396. The number of esters is 1. The van der Waals surface area contributed by atoms with E-state index in [0.717, 1.165) is 6.54 Å². The summed E-state index contributed by atoms with van der Waals surface area (Å²) >= 11 is 0. The molecule has 5 nitrogen and oxygen atoms in total. The van der Waals surface area contributed by atoms with Gasteiger partial charge in [0.05, 0.1) is 0 Å². The lowest BCUT2D eigenvalue weighted by atomic mass is 10.4. The Balaban J connectivity index is -0.000000656. The van der Waals surface area contributed by atoms with Crippen LogP contribution in [0.5, 0.6) is 0 Å². The maximum absolute atomic E-state index is 11.1. The molecule has 0 aromatic heterocycles. The quantitative estimate of drug-likeness (QED) is 0.283. The highest BCUT2D eigenvalue weighted by molar-refractivity contribution is 5.86. The summed E-state index contributed by atoms with van der Waals surface area (Å²) in [6.07, 6.45) is 0. The van der Waals surface area contributed by atoms with E-state index in [1.54, 1.807) is 6.92 Å². The van der Waals surface area contributed by atoms with Gasteiger partial charge in [0.1, 0.15) is 13.2 Å². The number of nitrogens with zero attached hydrogens (tertiary/aromatic N) is 1. The molecule has 0 atom stereocenters. The van der Waals surface area contributed by atoms with Gasteiger partial charge in [0.15, 0.2) is 0 Å². The van der Waals surface area contributed by atoms with Crippen LogP contribution < -0.4 is 0 Å². The molecule has 0 aliphatic heterocycles. The Bertz CT molecular complexity index is 242. The lowest BCUT2D eigenvalue weighted by molar-refractivity contribution is -0.139. The van der Waals surface area contributed by atoms with Gasteiger partial charge in [-0.05, 0) is 13.5 Å². The summed E-state index contributed by atoms with van der Waals surface area (Å²) in [5, 5.41) is 0. The molecule has 0 saturated carbocycles. The normalized spacial score (nSPS) is 8.55. The molecular weight excluding hydrogens is 258 g/mol.